The van der Waals surface area contributed by atoms with Crippen LogP contribution in [-0.2, 0) is 9.53 Å². The quantitative estimate of drug-likeness (QED) is 0.752. The molecule has 116 valence electrons. The van der Waals surface area contributed by atoms with Gasteiger partial charge in [0.05, 0.1) is 5.92 Å². The SMILES string of the molecule is CC(C)(C)OC(=O)C1CCN(C(=O)O)C(C(C)(C)C)C1. The van der Waals surface area contributed by atoms with Crippen molar-refractivity contribution < 1.29 is 19.4 Å². The van der Waals surface area contributed by atoms with Gasteiger partial charge in [-0.15, -0.1) is 0 Å². The lowest BCUT2D eigenvalue weighted by atomic mass is 9.77. The van der Waals surface area contributed by atoms with Crippen LogP contribution in [0.4, 0.5) is 4.79 Å². The minimum Gasteiger partial charge on any atom is -0.465 e. The summed E-state index contributed by atoms with van der Waals surface area (Å²) in [5.41, 5.74) is -0.697. The average Bonchev–Trinajstić information content (AvgIpc) is 2.24. The maximum Gasteiger partial charge on any atom is 0.407 e. The van der Waals surface area contributed by atoms with Gasteiger partial charge in [-0.1, -0.05) is 20.8 Å². The normalized spacial score (nSPS) is 24.4. The maximum absolute atomic E-state index is 12.2. The van der Waals surface area contributed by atoms with E-state index in [4.69, 9.17) is 4.74 Å². The molecule has 1 amide bonds. The lowest BCUT2D eigenvalue weighted by Crippen LogP contribution is -2.53. The molecule has 0 aromatic rings. The van der Waals surface area contributed by atoms with E-state index in [2.05, 4.69) is 0 Å². The van der Waals surface area contributed by atoms with Gasteiger partial charge in [-0.05, 0) is 39.0 Å². The number of piperidine rings is 1. The topological polar surface area (TPSA) is 66.8 Å². The smallest absolute Gasteiger partial charge is 0.407 e. The number of esters is 1. The molecule has 1 heterocycles. The molecule has 0 bridgehead atoms. The first-order valence-electron chi connectivity index (χ1n) is 7.14. The van der Waals surface area contributed by atoms with E-state index in [-0.39, 0.29) is 23.3 Å². The van der Waals surface area contributed by atoms with E-state index in [1.807, 2.05) is 41.5 Å². The molecule has 5 nitrogen and oxygen atoms in total. The number of carbonyl (C=O) groups excluding carboxylic acids is 1. The van der Waals surface area contributed by atoms with Gasteiger partial charge in [-0.2, -0.15) is 0 Å². The number of likely N-dealkylation sites (tertiary alicyclic amines) is 1. The highest BCUT2D eigenvalue weighted by Crippen LogP contribution is 2.35. The number of nitrogens with zero attached hydrogens (tertiary/aromatic N) is 1. The fourth-order valence-electron chi connectivity index (χ4n) is 2.61. The standard InChI is InChI=1S/C15H27NO4/c1-14(2,3)11-9-10(7-8-16(11)13(18)19)12(17)20-15(4,5)6/h10-11H,7-9H2,1-6H3,(H,18,19). The number of amides is 1. The van der Waals surface area contributed by atoms with Crippen LogP contribution in [0.25, 0.3) is 0 Å². The molecule has 0 radical (unpaired) electrons. The van der Waals surface area contributed by atoms with Crippen LogP contribution >= 0.6 is 0 Å². The predicted octanol–water partition coefficient (Wildman–Crippen LogP) is 3.13. The highest BCUT2D eigenvalue weighted by molar-refractivity contribution is 5.74. The second-order valence-corrected chi connectivity index (χ2v) is 7.61. The van der Waals surface area contributed by atoms with Gasteiger partial charge in [0.2, 0.25) is 0 Å². The van der Waals surface area contributed by atoms with Gasteiger partial charge in [0.1, 0.15) is 5.60 Å². The summed E-state index contributed by atoms with van der Waals surface area (Å²) in [4.78, 5) is 25.0. The van der Waals surface area contributed by atoms with E-state index in [0.717, 1.165) is 0 Å². The first kappa shape index (κ1) is 16.8. The van der Waals surface area contributed by atoms with Gasteiger partial charge < -0.3 is 14.7 Å². The second-order valence-electron chi connectivity index (χ2n) is 7.61. The Balaban J connectivity index is 2.82. The van der Waals surface area contributed by atoms with Crippen LogP contribution < -0.4 is 0 Å². The molecule has 20 heavy (non-hydrogen) atoms. The molecule has 0 saturated carbocycles. The van der Waals surface area contributed by atoms with E-state index in [0.29, 0.717) is 19.4 Å². The molecular formula is C15H27NO4. The highest BCUT2D eigenvalue weighted by Gasteiger charge is 2.41. The van der Waals surface area contributed by atoms with Gasteiger partial charge in [0, 0.05) is 12.6 Å². The Morgan fingerprint density at radius 3 is 2.10 bits per heavy atom. The molecule has 0 spiro atoms. The first-order chi connectivity index (χ1) is 8.92. The Labute approximate surface area is 121 Å². The van der Waals surface area contributed by atoms with Crippen molar-refractivity contribution >= 4 is 12.1 Å². The molecule has 1 aliphatic rings. The average molecular weight is 285 g/mol. The minimum absolute atomic E-state index is 0.161. The summed E-state index contributed by atoms with van der Waals surface area (Å²) in [6.07, 6.45) is 0.158. The van der Waals surface area contributed by atoms with Crippen LogP contribution in [0.1, 0.15) is 54.4 Å². The largest absolute Gasteiger partial charge is 0.465 e. The number of ether oxygens (including phenoxy) is 1. The molecule has 1 aliphatic heterocycles. The van der Waals surface area contributed by atoms with Crippen LogP contribution in [0.3, 0.4) is 0 Å². The monoisotopic (exact) mass is 285 g/mol. The van der Waals surface area contributed by atoms with Crippen molar-refractivity contribution in [3.8, 4) is 0 Å². The first-order valence-corrected chi connectivity index (χ1v) is 7.14. The zero-order valence-electron chi connectivity index (χ0n) is 13.4. The van der Waals surface area contributed by atoms with Gasteiger partial charge in [-0.25, -0.2) is 4.79 Å². The number of hydrogen-bond donors (Lipinski definition) is 1. The number of hydrogen-bond acceptors (Lipinski definition) is 3. The molecular weight excluding hydrogens is 258 g/mol. The van der Waals surface area contributed by atoms with E-state index in [1.54, 1.807) is 0 Å². The third kappa shape index (κ3) is 4.39. The second kappa shape index (κ2) is 5.62. The van der Waals surface area contributed by atoms with Crippen molar-refractivity contribution in [1.29, 1.82) is 0 Å². The maximum atomic E-state index is 12.2. The highest BCUT2D eigenvalue weighted by atomic mass is 16.6. The fourth-order valence-corrected chi connectivity index (χ4v) is 2.61. The summed E-state index contributed by atoms with van der Waals surface area (Å²) in [5.74, 6) is -0.425. The van der Waals surface area contributed by atoms with E-state index in [1.165, 1.54) is 4.90 Å². The zero-order chi connectivity index (χ0) is 15.7. The van der Waals surface area contributed by atoms with E-state index < -0.39 is 11.7 Å². The van der Waals surface area contributed by atoms with Gasteiger partial charge in [-0.3, -0.25) is 4.79 Å². The Kier molecular flexibility index (Phi) is 4.72. The van der Waals surface area contributed by atoms with Crippen molar-refractivity contribution in [3.05, 3.63) is 0 Å². The summed E-state index contributed by atoms with van der Waals surface area (Å²) in [7, 11) is 0. The van der Waals surface area contributed by atoms with E-state index >= 15 is 0 Å². The number of carboxylic acid groups (broad SMARTS) is 1. The molecule has 1 N–H and O–H groups in total. The van der Waals surface area contributed by atoms with Gasteiger partial charge >= 0.3 is 12.1 Å². The number of carbonyl (C=O) groups is 2. The van der Waals surface area contributed by atoms with Crippen LogP contribution in [0.5, 0.6) is 0 Å². The summed E-state index contributed by atoms with van der Waals surface area (Å²) in [6.45, 7) is 11.9. The summed E-state index contributed by atoms with van der Waals surface area (Å²) in [5, 5.41) is 9.29. The Morgan fingerprint density at radius 1 is 1.15 bits per heavy atom. The van der Waals surface area contributed by atoms with Crippen LogP contribution in [0.2, 0.25) is 0 Å². The summed E-state index contributed by atoms with van der Waals surface area (Å²) >= 11 is 0. The van der Waals surface area contributed by atoms with Crippen molar-refractivity contribution in [3.63, 3.8) is 0 Å². The minimum atomic E-state index is -0.910. The third-order valence-electron chi connectivity index (χ3n) is 3.59. The Hall–Kier alpha value is -1.26. The molecule has 1 fully saturated rings. The predicted molar refractivity (Wildman–Crippen MR) is 76.5 cm³/mol. The molecule has 2 atom stereocenters. The van der Waals surface area contributed by atoms with E-state index in [9.17, 15) is 14.7 Å². The number of rotatable bonds is 1. The van der Waals surface area contributed by atoms with Crippen LogP contribution in [0.15, 0.2) is 0 Å². The third-order valence-corrected chi connectivity index (χ3v) is 3.59. The van der Waals surface area contributed by atoms with Crippen molar-refractivity contribution in [2.75, 3.05) is 6.54 Å². The lowest BCUT2D eigenvalue weighted by molar-refractivity contribution is -0.162. The Morgan fingerprint density at radius 2 is 1.70 bits per heavy atom. The van der Waals surface area contributed by atoms with Crippen LogP contribution in [-0.4, -0.2) is 40.3 Å². The molecule has 5 heteroatoms. The summed E-state index contributed by atoms with van der Waals surface area (Å²) < 4.78 is 5.43. The molecule has 1 rings (SSSR count). The molecule has 2 unspecified atom stereocenters. The molecule has 0 aliphatic carbocycles. The van der Waals surface area contributed by atoms with Crippen molar-refractivity contribution in [1.82, 2.24) is 4.90 Å². The van der Waals surface area contributed by atoms with Crippen LogP contribution in [0, 0.1) is 11.3 Å². The molecule has 0 aromatic carbocycles. The fraction of sp³-hybridized carbons (Fsp3) is 0.867. The van der Waals surface area contributed by atoms with Crippen molar-refractivity contribution in [2.24, 2.45) is 11.3 Å². The van der Waals surface area contributed by atoms with Gasteiger partial charge in [0.25, 0.3) is 0 Å². The molecule has 1 saturated heterocycles. The van der Waals surface area contributed by atoms with Crippen molar-refractivity contribution in [2.45, 2.75) is 66.0 Å². The summed E-state index contributed by atoms with van der Waals surface area (Å²) in [6, 6.07) is -0.161. The van der Waals surface area contributed by atoms with Gasteiger partial charge in [0.15, 0.2) is 0 Å². The Bertz CT molecular complexity index is 378. The molecule has 0 aromatic heterocycles. The lowest BCUT2D eigenvalue weighted by Gasteiger charge is -2.44. The zero-order valence-corrected chi connectivity index (χ0v) is 13.4.